The number of aromatic amines is 1. The lowest BCUT2D eigenvalue weighted by Gasteiger charge is -2.20. The lowest BCUT2D eigenvalue weighted by Crippen LogP contribution is -2.11. The number of nitrogens with one attached hydrogen (secondary N) is 2. The SMILES string of the molecule is Cc1cccc(C2Nc3ccccc3-c3ccnc4[nH]cc2c34)c1. The summed E-state index contributed by atoms with van der Waals surface area (Å²) in [4.78, 5) is 7.86. The van der Waals surface area contributed by atoms with Crippen molar-refractivity contribution < 1.29 is 0 Å². The average Bonchev–Trinajstić information content (AvgIpc) is 2.97. The molecule has 2 aromatic carbocycles. The van der Waals surface area contributed by atoms with E-state index in [0.717, 1.165) is 11.3 Å². The van der Waals surface area contributed by atoms with E-state index < -0.39 is 0 Å². The van der Waals surface area contributed by atoms with Crippen LogP contribution in [0.25, 0.3) is 22.2 Å². The van der Waals surface area contributed by atoms with Crippen LogP contribution in [0.2, 0.25) is 0 Å². The van der Waals surface area contributed by atoms with Crippen LogP contribution in [0.5, 0.6) is 0 Å². The molecule has 2 N–H and O–H groups in total. The van der Waals surface area contributed by atoms with Crippen molar-refractivity contribution in [2.75, 3.05) is 5.32 Å². The molecule has 3 heterocycles. The zero-order chi connectivity index (χ0) is 16.1. The van der Waals surface area contributed by atoms with Crippen molar-refractivity contribution in [3.8, 4) is 11.1 Å². The number of fused-ring (bicyclic) bond motifs is 2. The van der Waals surface area contributed by atoms with Gasteiger partial charge >= 0.3 is 0 Å². The molecule has 0 saturated carbocycles. The number of pyridine rings is 1. The average molecular weight is 311 g/mol. The van der Waals surface area contributed by atoms with E-state index in [-0.39, 0.29) is 6.04 Å². The Bertz CT molecular complexity index is 1060. The minimum Gasteiger partial charge on any atom is -0.374 e. The Morgan fingerprint density at radius 1 is 0.958 bits per heavy atom. The quantitative estimate of drug-likeness (QED) is 0.516. The molecule has 0 radical (unpaired) electrons. The van der Waals surface area contributed by atoms with Crippen LogP contribution in [-0.4, -0.2) is 9.97 Å². The number of aromatic nitrogens is 2. The van der Waals surface area contributed by atoms with E-state index in [1.54, 1.807) is 0 Å². The lowest BCUT2D eigenvalue weighted by atomic mass is 9.96. The van der Waals surface area contributed by atoms with Gasteiger partial charge in [-0.05, 0) is 30.2 Å². The van der Waals surface area contributed by atoms with Crippen LogP contribution in [0.4, 0.5) is 5.69 Å². The maximum atomic E-state index is 4.52. The molecule has 3 nitrogen and oxygen atoms in total. The van der Waals surface area contributed by atoms with Gasteiger partial charge in [-0.1, -0.05) is 48.0 Å². The van der Waals surface area contributed by atoms with Crippen molar-refractivity contribution in [3.63, 3.8) is 0 Å². The fourth-order valence-corrected chi connectivity index (χ4v) is 3.72. The van der Waals surface area contributed by atoms with E-state index in [9.17, 15) is 0 Å². The summed E-state index contributed by atoms with van der Waals surface area (Å²) in [6.45, 7) is 2.14. The van der Waals surface area contributed by atoms with Crippen LogP contribution in [0.1, 0.15) is 22.7 Å². The Labute approximate surface area is 140 Å². The van der Waals surface area contributed by atoms with Gasteiger partial charge in [0.1, 0.15) is 5.65 Å². The van der Waals surface area contributed by atoms with E-state index in [0.29, 0.717) is 0 Å². The maximum absolute atomic E-state index is 4.52. The molecule has 24 heavy (non-hydrogen) atoms. The summed E-state index contributed by atoms with van der Waals surface area (Å²) in [5, 5.41) is 4.96. The molecule has 116 valence electrons. The van der Waals surface area contributed by atoms with Crippen molar-refractivity contribution in [2.24, 2.45) is 0 Å². The highest BCUT2D eigenvalue weighted by Gasteiger charge is 2.25. The first-order valence-corrected chi connectivity index (χ1v) is 8.20. The molecule has 1 aliphatic heterocycles. The van der Waals surface area contributed by atoms with Gasteiger partial charge in [0.05, 0.1) is 6.04 Å². The molecule has 2 aromatic heterocycles. The third-order valence-corrected chi connectivity index (χ3v) is 4.81. The Morgan fingerprint density at radius 3 is 2.79 bits per heavy atom. The minimum atomic E-state index is 0.102. The molecule has 0 fully saturated rings. The third-order valence-electron chi connectivity index (χ3n) is 4.81. The van der Waals surface area contributed by atoms with Gasteiger partial charge in [-0.15, -0.1) is 0 Å². The van der Waals surface area contributed by atoms with Crippen LogP contribution in [0.3, 0.4) is 0 Å². The first-order valence-electron chi connectivity index (χ1n) is 8.20. The van der Waals surface area contributed by atoms with Crippen LogP contribution < -0.4 is 5.32 Å². The highest BCUT2D eigenvalue weighted by atomic mass is 14.9. The number of aryl methyl sites for hydroxylation is 1. The summed E-state index contributed by atoms with van der Waals surface area (Å²) in [5.74, 6) is 0. The fraction of sp³-hybridized carbons (Fsp3) is 0.0952. The first-order chi connectivity index (χ1) is 11.8. The van der Waals surface area contributed by atoms with Gasteiger partial charge in [0.15, 0.2) is 0 Å². The van der Waals surface area contributed by atoms with Crippen LogP contribution in [0, 0.1) is 6.92 Å². The smallest absolute Gasteiger partial charge is 0.138 e. The summed E-state index contributed by atoms with van der Waals surface area (Å²) in [5.41, 5.74) is 8.34. The fourth-order valence-electron chi connectivity index (χ4n) is 3.72. The largest absolute Gasteiger partial charge is 0.374 e. The zero-order valence-corrected chi connectivity index (χ0v) is 13.4. The zero-order valence-electron chi connectivity index (χ0n) is 13.4. The van der Waals surface area contributed by atoms with Gasteiger partial charge in [0.2, 0.25) is 0 Å². The van der Waals surface area contributed by atoms with Crippen LogP contribution in [-0.2, 0) is 0 Å². The second-order valence-electron chi connectivity index (χ2n) is 6.36. The molecule has 0 saturated heterocycles. The van der Waals surface area contributed by atoms with Gasteiger partial charge in [0.25, 0.3) is 0 Å². The summed E-state index contributed by atoms with van der Waals surface area (Å²) >= 11 is 0. The molecule has 5 rings (SSSR count). The van der Waals surface area contributed by atoms with Gasteiger partial charge < -0.3 is 10.3 Å². The Kier molecular flexibility index (Phi) is 2.77. The van der Waals surface area contributed by atoms with E-state index in [4.69, 9.17) is 0 Å². The summed E-state index contributed by atoms with van der Waals surface area (Å²) in [6, 6.07) is 19.4. The molecule has 0 spiro atoms. The van der Waals surface area contributed by atoms with Crippen molar-refractivity contribution in [3.05, 3.63) is 83.7 Å². The molecule has 4 aromatic rings. The minimum absolute atomic E-state index is 0.102. The second-order valence-corrected chi connectivity index (χ2v) is 6.36. The molecular formula is C21H17N3. The number of nitrogens with zero attached hydrogens (tertiary/aromatic N) is 1. The van der Waals surface area contributed by atoms with Crippen molar-refractivity contribution in [2.45, 2.75) is 13.0 Å². The molecule has 1 aliphatic rings. The normalized spacial score (nSPS) is 15.6. The number of H-pyrrole nitrogens is 1. The highest BCUT2D eigenvalue weighted by molar-refractivity contribution is 6.01. The monoisotopic (exact) mass is 311 g/mol. The molecular weight excluding hydrogens is 294 g/mol. The number of anilines is 1. The third kappa shape index (κ3) is 1.88. The Morgan fingerprint density at radius 2 is 1.88 bits per heavy atom. The predicted octanol–water partition coefficient (Wildman–Crippen LogP) is 5.05. The molecule has 0 amide bonds. The topological polar surface area (TPSA) is 40.7 Å². The predicted molar refractivity (Wildman–Crippen MR) is 98.2 cm³/mol. The van der Waals surface area contributed by atoms with Gasteiger partial charge in [-0.2, -0.15) is 0 Å². The van der Waals surface area contributed by atoms with E-state index in [1.165, 1.54) is 33.2 Å². The standard InChI is InChI=1S/C21H17N3/c1-13-5-4-6-14(11-13)20-17-12-23-21-19(17)16(9-10-22-21)15-7-2-3-8-18(15)24-20/h2-12,20,24H,1H3,(H,22,23). The number of rotatable bonds is 1. The van der Waals surface area contributed by atoms with Crippen molar-refractivity contribution >= 4 is 16.7 Å². The molecule has 0 bridgehead atoms. The van der Waals surface area contributed by atoms with E-state index >= 15 is 0 Å². The van der Waals surface area contributed by atoms with E-state index in [2.05, 4.69) is 83.0 Å². The summed E-state index contributed by atoms with van der Waals surface area (Å²) in [6.07, 6.45) is 3.97. The van der Waals surface area contributed by atoms with Gasteiger partial charge in [-0.3, -0.25) is 0 Å². The molecule has 0 aliphatic carbocycles. The lowest BCUT2D eigenvalue weighted by molar-refractivity contribution is 0.950. The van der Waals surface area contributed by atoms with Gasteiger partial charge in [0, 0.05) is 34.6 Å². The second kappa shape index (κ2) is 4.96. The van der Waals surface area contributed by atoms with Crippen molar-refractivity contribution in [1.29, 1.82) is 0 Å². The van der Waals surface area contributed by atoms with Crippen LogP contribution in [0.15, 0.2) is 67.0 Å². The number of hydrogen-bond donors (Lipinski definition) is 2. The molecule has 1 unspecified atom stereocenters. The van der Waals surface area contributed by atoms with Gasteiger partial charge in [-0.25, -0.2) is 4.98 Å². The Hall–Kier alpha value is -3.07. The van der Waals surface area contributed by atoms with Crippen molar-refractivity contribution in [1.82, 2.24) is 9.97 Å². The summed E-state index contributed by atoms with van der Waals surface area (Å²) < 4.78 is 0. The molecule has 1 atom stereocenters. The number of benzene rings is 2. The Balaban J connectivity index is 1.85. The number of para-hydroxylation sites is 1. The van der Waals surface area contributed by atoms with Crippen LogP contribution >= 0.6 is 0 Å². The highest BCUT2D eigenvalue weighted by Crippen LogP contribution is 2.43. The number of hydrogen-bond acceptors (Lipinski definition) is 2. The summed E-state index contributed by atoms with van der Waals surface area (Å²) in [7, 11) is 0. The first kappa shape index (κ1) is 13.4. The molecule has 3 heteroatoms. The van der Waals surface area contributed by atoms with E-state index in [1.807, 2.05) is 6.20 Å². The maximum Gasteiger partial charge on any atom is 0.138 e.